The summed E-state index contributed by atoms with van der Waals surface area (Å²) in [5.74, 6) is -2.70. The van der Waals surface area contributed by atoms with E-state index in [4.69, 9.17) is 5.11 Å². The summed E-state index contributed by atoms with van der Waals surface area (Å²) in [6, 6.07) is 21.9. The number of rotatable bonds is 6. The van der Waals surface area contributed by atoms with Gasteiger partial charge in [0.1, 0.15) is 5.76 Å². The second-order valence-corrected chi connectivity index (χ2v) is 7.87. The molecule has 0 bridgehead atoms. The van der Waals surface area contributed by atoms with E-state index in [1.54, 1.807) is 54.6 Å². The standard InChI is InChI=1S/C27H23NO5/c1-2-17-8-12-19(13-9-17)24-23(25(31)20-6-4-3-5-7-20)26(32)27(33)28(24)21-14-10-18(11-15-21)16-22(29)30/h3-15,24,31H,2,16H2,1H3,(H,29,30)/b25-23+. The third-order valence-corrected chi connectivity index (χ3v) is 5.77. The van der Waals surface area contributed by atoms with Crippen LogP contribution in [0.25, 0.3) is 5.76 Å². The molecule has 1 aliphatic heterocycles. The summed E-state index contributed by atoms with van der Waals surface area (Å²) in [6.45, 7) is 2.04. The quantitative estimate of drug-likeness (QED) is 0.334. The molecule has 1 saturated heterocycles. The van der Waals surface area contributed by atoms with Gasteiger partial charge in [0.05, 0.1) is 18.0 Å². The van der Waals surface area contributed by atoms with E-state index in [2.05, 4.69) is 0 Å². The van der Waals surface area contributed by atoms with Crippen LogP contribution in [-0.2, 0) is 27.2 Å². The molecule has 1 atom stereocenters. The van der Waals surface area contributed by atoms with Crippen LogP contribution in [0.2, 0.25) is 0 Å². The zero-order chi connectivity index (χ0) is 23.5. The fraction of sp³-hybridized carbons (Fsp3) is 0.148. The van der Waals surface area contributed by atoms with Crippen molar-refractivity contribution in [3.05, 3.63) is 107 Å². The molecule has 0 aliphatic carbocycles. The molecule has 1 aliphatic rings. The number of Topliss-reactive ketones (excluding diaryl/α,β-unsaturated/α-hetero) is 1. The lowest BCUT2D eigenvalue weighted by Gasteiger charge is -2.25. The summed E-state index contributed by atoms with van der Waals surface area (Å²) < 4.78 is 0. The molecular formula is C27H23NO5. The molecule has 4 rings (SSSR count). The van der Waals surface area contributed by atoms with Gasteiger partial charge < -0.3 is 10.2 Å². The Kier molecular flexibility index (Phi) is 6.09. The molecule has 166 valence electrons. The number of ketones is 1. The van der Waals surface area contributed by atoms with Crippen LogP contribution in [0.1, 0.15) is 35.2 Å². The van der Waals surface area contributed by atoms with Crippen LogP contribution in [0.4, 0.5) is 5.69 Å². The van der Waals surface area contributed by atoms with E-state index < -0.39 is 23.7 Å². The third kappa shape index (κ3) is 4.28. The Hall–Kier alpha value is -4.19. The van der Waals surface area contributed by atoms with Crippen molar-refractivity contribution in [3.8, 4) is 0 Å². The number of anilines is 1. The maximum atomic E-state index is 13.2. The van der Waals surface area contributed by atoms with Crippen LogP contribution in [0.5, 0.6) is 0 Å². The first-order valence-corrected chi connectivity index (χ1v) is 10.7. The molecular weight excluding hydrogens is 418 g/mol. The minimum atomic E-state index is -0.956. The maximum absolute atomic E-state index is 13.2. The second-order valence-electron chi connectivity index (χ2n) is 7.87. The highest BCUT2D eigenvalue weighted by atomic mass is 16.4. The lowest BCUT2D eigenvalue weighted by molar-refractivity contribution is -0.136. The highest BCUT2D eigenvalue weighted by Crippen LogP contribution is 2.42. The van der Waals surface area contributed by atoms with Crippen LogP contribution in [0.3, 0.4) is 0 Å². The zero-order valence-electron chi connectivity index (χ0n) is 18.1. The van der Waals surface area contributed by atoms with Crippen LogP contribution < -0.4 is 4.90 Å². The molecule has 0 aromatic heterocycles. The average Bonchev–Trinajstić information content (AvgIpc) is 3.10. The number of carbonyl (C=O) groups excluding carboxylic acids is 2. The Morgan fingerprint density at radius 3 is 2.03 bits per heavy atom. The van der Waals surface area contributed by atoms with Gasteiger partial charge in [0.15, 0.2) is 0 Å². The number of aryl methyl sites for hydroxylation is 1. The summed E-state index contributed by atoms with van der Waals surface area (Å²) in [6.07, 6.45) is 0.699. The molecule has 1 heterocycles. The predicted octanol–water partition coefficient (Wildman–Crippen LogP) is 4.50. The largest absolute Gasteiger partial charge is 0.507 e. The fourth-order valence-corrected chi connectivity index (χ4v) is 4.05. The van der Waals surface area contributed by atoms with Crippen molar-refractivity contribution in [3.63, 3.8) is 0 Å². The molecule has 1 amide bonds. The number of aliphatic carboxylic acids is 1. The lowest BCUT2D eigenvalue weighted by Crippen LogP contribution is -2.29. The van der Waals surface area contributed by atoms with Crippen molar-refractivity contribution >= 4 is 29.1 Å². The van der Waals surface area contributed by atoms with Gasteiger partial charge in [-0.1, -0.05) is 73.7 Å². The normalized spacial score (nSPS) is 17.4. The minimum absolute atomic E-state index is 0.0186. The molecule has 2 N–H and O–H groups in total. The van der Waals surface area contributed by atoms with E-state index >= 15 is 0 Å². The third-order valence-electron chi connectivity index (χ3n) is 5.77. The molecule has 6 heteroatoms. The summed E-state index contributed by atoms with van der Waals surface area (Å²) in [7, 11) is 0. The Balaban J connectivity index is 1.86. The van der Waals surface area contributed by atoms with Crippen molar-refractivity contribution in [2.45, 2.75) is 25.8 Å². The van der Waals surface area contributed by atoms with E-state index in [1.165, 1.54) is 4.90 Å². The Labute approximate surface area is 191 Å². The van der Waals surface area contributed by atoms with Gasteiger partial charge in [-0.05, 0) is 35.2 Å². The SMILES string of the molecule is CCc1ccc(C2/C(=C(\O)c3ccccc3)C(=O)C(=O)N2c2ccc(CC(=O)O)cc2)cc1. The highest BCUT2D eigenvalue weighted by Gasteiger charge is 2.46. The number of hydrogen-bond acceptors (Lipinski definition) is 4. The van der Waals surface area contributed by atoms with Crippen molar-refractivity contribution in [1.82, 2.24) is 0 Å². The number of aliphatic hydroxyl groups excluding tert-OH is 1. The van der Waals surface area contributed by atoms with Crippen molar-refractivity contribution < 1.29 is 24.6 Å². The Morgan fingerprint density at radius 2 is 1.45 bits per heavy atom. The number of carboxylic acids is 1. The molecule has 0 saturated carbocycles. The molecule has 33 heavy (non-hydrogen) atoms. The molecule has 0 radical (unpaired) electrons. The van der Waals surface area contributed by atoms with Gasteiger partial charge >= 0.3 is 5.97 Å². The molecule has 1 unspecified atom stereocenters. The molecule has 3 aromatic rings. The van der Waals surface area contributed by atoms with Crippen LogP contribution in [0, 0.1) is 0 Å². The van der Waals surface area contributed by atoms with Gasteiger partial charge in [-0.2, -0.15) is 0 Å². The Bertz CT molecular complexity index is 1230. The lowest BCUT2D eigenvalue weighted by atomic mass is 9.94. The smallest absolute Gasteiger partial charge is 0.307 e. The van der Waals surface area contributed by atoms with Crippen LogP contribution >= 0.6 is 0 Å². The van der Waals surface area contributed by atoms with E-state index in [-0.39, 0.29) is 17.8 Å². The van der Waals surface area contributed by atoms with E-state index in [0.717, 1.165) is 12.0 Å². The van der Waals surface area contributed by atoms with Gasteiger partial charge in [0.2, 0.25) is 0 Å². The van der Waals surface area contributed by atoms with E-state index in [1.807, 2.05) is 31.2 Å². The number of benzene rings is 3. The van der Waals surface area contributed by atoms with Crippen molar-refractivity contribution in [2.24, 2.45) is 0 Å². The number of carboxylic acid groups (broad SMARTS) is 1. The van der Waals surface area contributed by atoms with Crippen LogP contribution in [-0.4, -0.2) is 27.9 Å². The highest BCUT2D eigenvalue weighted by molar-refractivity contribution is 6.51. The zero-order valence-corrected chi connectivity index (χ0v) is 18.1. The minimum Gasteiger partial charge on any atom is -0.507 e. The number of hydrogen-bond donors (Lipinski definition) is 2. The summed E-state index contributed by atoms with van der Waals surface area (Å²) in [4.78, 5) is 38.7. The van der Waals surface area contributed by atoms with Crippen molar-refractivity contribution in [1.29, 1.82) is 0 Å². The van der Waals surface area contributed by atoms with Crippen molar-refractivity contribution in [2.75, 3.05) is 4.90 Å². The maximum Gasteiger partial charge on any atom is 0.307 e. The number of amides is 1. The fourth-order valence-electron chi connectivity index (χ4n) is 4.05. The monoisotopic (exact) mass is 441 g/mol. The first kappa shape index (κ1) is 22.0. The van der Waals surface area contributed by atoms with Gasteiger partial charge in [0, 0.05) is 11.3 Å². The topological polar surface area (TPSA) is 94.9 Å². The summed E-state index contributed by atoms with van der Waals surface area (Å²) in [5.41, 5.74) is 3.29. The first-order chi connectivity index (χ1) is 15.9. The number of nitrogens with zero attached hydrogens (tertiary/aromatic N) is 1. The predicted molar refractivity (Wildman–Crippen MR) is 125 cm³/mol. The number of aliphatic hydroxyl groups is 1. The molecule has 3 aromatic carbocycles. The van der Waals surface area contributed by atoms with Gasteiger partial charge in [-0.15, -0.1) is 0 Å². The Morgan fingerprint density at radius 1 is 0.848 bits per heavy atom. The molecule has 1 fully saturated rings. The van der Waals surface area contributed by atoms with Gasteiger partial charge in [-0.3, -0.25) is 19.3 Å². The average molecular weight is 441 g/mol. The van der Waals surface area contributed by atoms with Crippen LogP contribution in [0.15, 0.2) is 84.4 Å². The van der Waals surface area contributed by atoms with Gasteiger partial charge in [-0.25, -0.2) is 0 Å². The summed E-state index contributed by atoms with van der Waals surface area (Å²) in [5, 5.41) is 20.1. The molecule has 6 nitrogen and oxygen atoms in total. The van der Waals surface area contributed by atoms with Gasteiger partial charge in [0.25, 0.3) is 11.7 Å². The summed E-state index contributed by atoms with van der Waals surface area (Å²) >= 11 is 0. The number of carbonyl (C=O) groups is 3. The second kappa shape index (κ2) is 9.12. The van der Waals surface area contributed by atoms with E-state index in [0.29, 0.717) is 22.4 Å². The van der Waals surface area contributed by atoms with E-state index in [9.17, 15) is 19.5 Å². The molecule has 0 spiro atoms. The first-order valence-electron chi connectivity index (χ1n) is 10.7.